The van der Waals surface area contributed by atoms with Gasteiger partial charge in [0.2, 0.25) is 5.95 Å². The van der Waals surface area contributed by atoms with E-state index in [1.807, 2.05) is 13.8 Å². The number of anilines is 3. The smallest absolute Gasteiger partial charge is 0.388 e. The topological polar surface area (TPSA) is 94.6 Å². The second-order valence-corrected chi connectivity index (χ2v) is 9.49. The number of nitrogens with one attached hydrogen (secondary N) is 3. The molecule has 0 radical (unpaired) electrons. The van der Waals surface area contributed by atoms with Gasteiger partial charge in [0.1, 0.15) is 0 Å². The normalized spacial score (nSPS) is 23.4. The molecule has 196 valence electrons. The van der Waals surface area contributed by atoms with Gasteiger partial charge in [0, 0.05) is 36.4 Å². The van der Waals surface area contributed by atoms with Gasteiger partial charge >= 0.3 is 6.18 Å². The number of benzene rings is 1. The number of rotatable bonds is 6. The van der Waals surface area contributed by atoms with Crippen LogP contribution in [0.1, 0.15) is 32.3 Å². The van der Waals surface area contributed by atoms with E-state index in [0.29, 0.717) is 50.4 Å². The SMILES string of the molecule is CC1(C)C(Nc2cccc(C(F)(F)F)c2)CCC(=CNNc2ncc(F)c(N3CCOCC3)n2)C1O. The monoisotopic (exact) mass is 510 g/mol. The van der Waals surface area contributed by atoms with Crippen LogP contribution in [0.15, 0.2) is 42.2 Å². The van der Waals surface area contributed by atoms with Crippen molar-refractivity contribution >= 4 is 17.5 Å². The zero-order valence-electron chi connectivity index (χ0n) is 20.1. The first-order valence-electron chi connectivity index (χ1n) is 11.7. The van der Waals surface area contributed by atoms with Crippen LogP contribution in [0, 0.1) is 11.2 Å². The molecule has 2 aromatic rings. The van der Waals surface area contributed by atoms with Gasteiger partial charge in [-0.2, -0.15) is 18.2 Å². The van der Waals surface area contributed by atoms with Crippen LogP contribution in [0.3, 0.4) is 0 Å². The maximum absolute atomic E-state index is 14.2. The molecule has 12 heteroatoms. The predicted octanol–water partition coefficient (Wildman–Crippen LogP) is 3.93. The molecule has 1 saturated heterocycles. The van der Waals surface area contributed by atoms with E-state index in [9.17, 15) is 22.7 Å². The summed E-state index contributed by atoms with van der Waals surface area (Å²) in [4.78, 5) is 9.97. The molecular formula is C24H30F4N6O2. The number of aromatic nitrogens is 2. The van der Waals surface area contributed by atoms with Gasteiger partial charge in [-0.1, -0.05) is 19.9 Å². The predicted molar refractivity (Wildman–Crippen MR) is 128 cm³/mol. The van der Waals surface area contributed by atoms with Gasteiger partial charge < -0.3 is 25.5 Å². The average Bonchev–Trinajstić information content (AvgIpc) is 2.85. The lowest BCUT2D eigenvalue weighted by Gasteiger charge is -2.44. The summed E-state index contributed by atoms with van der Waals surface area (Å²) in [5, 5.41) is 14.2. The Labute approximate surface area is 206 Å². The molecule has 0 bridgehead atoms. The van der Waals surface area contributed by atoms with Gasteiger partial charge in [-0.3, -0.25) is 5.43 Å². The quantitative estimate of drug-likeness (QED) is 0.343. The lowest BCUT2D eigenvalue weighted by atomic mass is 9.69. The van der Waals surface area contributed by atoms with Crippen molar-refractivity contribution in [1.82, 2.24) is 15.4 Å². The number of aliphatic hydroxyl groups is 1. The molecule has 1 aliphatic heterocycles. The Morgan fingerprint density at radius 3 is 2.69 bits per heavy atom. The molecule has 1 aromatic carbocycles. The highest BCUT2D eigenvalue weighted by molar-refractivity contribution is 5.48. The maximum atomic E-state index is 14.2. The zero-order valence-corrected chi connectivity index (χ0v) is 20.1. The van der Waals surface area contributed by atoms with E-state index in [1.165, 1.54) is 6.07 Å². The fraction of sp³-hybridized carbons (Fsp3) is 0.500. The van der Waals surface area contributed by atoms with E-state index in [4.69, 9.17) is 4.74 Å². The molecule has 8 nitrogen and oxygen atoms in total. The molecule has 2 atom stereocenters. The lowest BCUT2D eigenvalue weighted by molar-refractivity contribution is -0.137. The Morgan fingerprint density at radius 2 is 1.97 bits per heavy atom. The van der Waals surface area contributed by atoms with Gasteiger partial charge in [0.05, 0.1) is 31.1 Å². The van der Waals surface area contributed by atoms with Crippen LogP contribution in [0.2, 0.25) is 0 Å². The van der Waals surface area contributed by atoms with Gasteiger partial charge in [0.15, 0.2) is 11.6 Å². The zero-order chi connectivity index (χ0) is 25.9. The molecule has 2 unspecified atom stereocenters. The summed E-state index contributed by atoms with van der Waals surface area (Å²) in [6.07, 6.45) is -1.46. The number of alkyl halides is 3. The van der Waals surface area contributed by atoms with Gasteiger partial charge in [-0.05, 0) is 36.6 Å². The highest BCUT2D eigenvalue weighted by Crippen LogP contribution is 2.41. The summed E-state index contributed by atoms with van der Waals surface area (Å²) < 4.78 is 58.7. The van der Waals surface area contributed by atoms with E-state index in [0.717, 1.165) is 18.3 Å². The molecule has 2 heterocycles. The lowest BCUT2D eigenvalue weighted by Crippen LogP contribution is -2.49. The fourth-order valence-corrected chi connectivity index (χ4v) is 4.49. The van der Waals surface area contributed by atoms with Gasteiger partial charge in [-0.25, -0.2) is 9.37 Å². The number of hydrogen-bond acceptors (Lipinski definition) is 8. The number of hydrogen-bond donors (Lipinski definition) is 4. The summed E-state index contributed by atoms with van der Waals surface area (Å²) in [7, 11) is 0. The molecule has 1 saturated carbocycles. The first-order valence-corrected chi connectivity index (χ1v) is 11.7. The van der Waals surface area contributed by atoms with Crippen molar-refractivity contribution in [3.8, 4) is 0 Å². The highest BCUT2D eigenvalue weighted by Gasteiger charge is 2.42. The van der Waals surface area contributed by atoms with Crippen LogP contribution < -0.4 is 21.1 Å². The minimum absolute atomic E-state index is 0.170. The van der Waals surface area contributed by atoms with E-state index >= 15 is 0 Å². The van der Waals surface area contributed by atoms with Crippen molar-refractivity contribution in [2.75, 3.05) is 41.9 Å². The van der Waals surface area contributed by atoms with E-state index in [1.54, 1.807) is 17.2 Å². The minimum atomic E-state index is -4.43. The van der Waals surface area contributed by atoms with Crippen LogP contribution >= 0.6 is 0 Å². The third-order valence-corrected chi connectivity index (χ3v) is 6.68. The molecule has 2 fully saturated rings. The Hall–Kier alpha value is -3.12. The molecule has 1 aliphatic carbocycles. The number of nitrogens with zero attached hydrogens (tertiary/aromatic N) is 3. The number of morpholine rings is 1. The molecule has 1 aromatic heterocycles. The first kappa shape index (κ1) is 26.0. The third kappa shape index (κ3) is 5.81. The second kappa shape index (κ2) is 10.5. The summed E-state index contributed by atoms with van der Waals surface area (Å²) in [6.45, 7) is 5.77. The Morgan fingerprint density at radius 1 is 1.22 bits per heavy atom. The maximum Gasteiger partial charge on any atom is 0.416 e. The largest absolute Gasteiger partial charge is 0.416 e. The van der Waals surface area contributed by atoms with Crippen LogP contribution in [0.25, 0.3) is 0 Å². The number of aliphatic hydroxyl groups excluding tert-OH is 1. The Kier molecular flexibility index (Phi) is 7.55. The molecule has 0 spiro atoms. The Bertz CT molecular complexity index is 1090. The molecule has 4 N–H and O–H groups in total. The third-order valence-electron chi connectivity index (χ3n) is 6.68. The average molecular weight is 511 g/mol. The highest BCUT2D eigenvalue weighted by atomic mass is 19.4. The summed E-state index contributed by atoms with van der Waals surface area (Å²) in [5.74, 6) is -0.166. The van der Waals surface area contributed by atoms with Crippen molar-refractivity contribution in [1.29, 1.82) is 0 Å². The molecular weight excluding hydrogens is 480 g/mol. The van der Waals surface area contributed by atoms with Crippen LogP contribution in [0.4, 0.5) is 35.0 Å². The number of halogens is 4. The molecule has 36 heavy (non-hydrogen) atoms. The van der Waals surface area contributed by atoms with Gasteiger partial charge in [0.25, 0.3) is 0 Å². The van der Waals surface area contributed by atoms with Crippen molar-refractivity contribution in [2.24, 2.45) is 5.41 Å². The van der Waals surface area contributed by atoms with Crippen LogP contribution in [-0.2, 0) is 10.9 Å². The summed E-state index contributed by atoms with van der Waals surface area (Å²) in [6, 6.07) is 4.80. The standard InChI is InChI=1S/C24H30F4N6O2/c1-23(2)19(31-17-5-3-4-16(12-17)24(26,27)28)7-6-15(20(23)35)13-30-33-22-29-14-18(25)21(32-22)34-8-10-36-11-9-34/h3-5,12-14,19-20,30-31,35H,6-11H2,1-2H3,(H,29,32,33). The number of ether oxygens (including phenoxy) is 1. The van der Waals surface area contributed by atoms with Crippen molar-refractivity contribution < 1.29 is 27.4 Å². The van der Waals surface area contributed by atoms with E-state index in [-0.39, 0.29) is 17.8 Å². The van der Waals surface area contributed by atoms with E-state index < -0.39 is 29.1 Å². The molecule has 0 amide bonds. The molecule has 4 rings (SSSR count). The number of hydrazine groups is 1. The van der Waals surface area contributed by atoms with Crippen LogP contribution in [-0.4, -0.2) is 53.5 Å². The fourth-order valence-electron chi connectivity index (χ4n) is 4.49. The summed E-state index contributed by atoms with van der Waals surface area (Å²) in [5.41, 5.74) is 5.35. The first-order chi connectivity index (χ1) is 17.1. The van der Waals surface area contributed by atoms with Gasteiger partial charge in [-0.15, -0.1) is 0 Å². The van der Waals surface area contributed by atoms with Crippen molar-refractivity contribution in [2.45, 2.75) is 45.0 Å². The van der Waals surface area contributed by atoms with Crippen molar-refractivity contribution in [3.05, 3.63) is 53.6 Å². The second-order valence-electron chi connectivity index (χ2n) is 9.49. The minimum Gasteiger partial charge on any atom is -0.388 e. The molecule has 2 aliphatic rings. The van der Waals surface area contributed by atoms with E-state index in [2.05, 4.69) is 26.1 Å². The summed E-state index contributed by atoms with van der Waals surface area (Å²) >= 11 is 0. The van der Waals surface area contributed by atoms with Crippen molar-refractivity contribution in [3.63, 3.8) is 0 Å². The Balaban J connectivity index is 1.39. The van der Waals surface area contributed by atoms with Crippen LogP contribution in [0.5, 0.6) is 0 Å².